The monoisotopic (exact) mass is 236 g/mol. The zero-order valence-corrected chi connectivity index (χ0v) is 11.4. The van der Waals surface area contributed by atoms with Crippen molar-refractivity contribution in [3.63, 3.8) is 0 Å². The highest BCUT2D eigenvalue weighted by molar-refractivity contribution is 5.88. The lowest BCUT2D eigenvalue weighted by Gasteiger charge is -2.31. The van der Waals surface area contributed by atoms with Crippen molar-refractivity contribution in [3.05, 3.63) is 0 Å². The fourth-order valence-corrected chi connectivity index (χ4v) is 3.42. The van der Waals surface area contributed by atoms with E-state index in [0.717, 1.165) is 13.1 Å². The van der Waals surface area contributed by atoms with E-state index in [1.165, 1.54) is 70.0 Å². The summed E-state index contributed by atoms with van der Waals surface area (Å²) in [6.07, 6.45) is 13.6. The fourth-order valence-electron chi connectivity index (χ4n) is 3.42. The van der Waals surface area contributed by atoms with Gasteiger partial charge in [0.1, 0.15) is 5.84 Å². The number of amidine groups is 1. The van der Waals surface area contributed by atoms with Crippen LogP contribution in [0.25, 0.3) is 0 Å². The SMILES string of the molecule is CCCCCC1(C2=NCCCCN2)CCCC1. The molecular formula is C15H28N2. The van der Waals surface area contributed by atoms with Crippen molar-refractivity contribution in [3.8, 4) is 0 Å². The molecule has 1 aliphatic heterocycles. The maximum Gasteiger partial charge on any atom is 0.103 e. The van der Waals surface area contributed by atoms with Crippen molar-refractivity contribution >= 4 is 5.84 Å². The molecule has 2 aliphatic rings. The van der Waals surface area contributed by atoms with Crippen LogP contribution in [0.2, 0.25) is 0 Å². The highest BCUT2D eigenvalue weighted by atomic mass is 15.0. The van der Waals surface area contributed by atoms with Crippen LogP contribution in [-0.4, -0.2) is 18.9 Å². The molecule has 0 bridgehead atoms. The minimum absolute atomic E-state index is 0.444. The Morgan fingerprint density at radius 2 is 1.94 bits per heavy atom. The number of aliphatic imine (C=N–C) groups is 1. The van der Waals surface area contributed by atoms with Crippen LogP contribution in [0, 0.1) is 5.41 Å². The summed E-state index contributed by atoms with van der Waals surface area (Å²) < 4.78 is 0. The summed E-state index contributed by atoms with van der Waals surface area (Å²) in [7, 11) is 0. The Balaban J connectivity index is 2.01. The summed E-state index contributed by atoms with van der Waals surface area (Å²) in [6.45, 7) is 4.50. The van der Waals surface area contributed by atoms with Crippen molar-refractivity contribution < 1.29 is 0 Å². The molecule has 0 atom stereocenters. The van der Waals surface area contributed by atoms with E-state index in [9.17, 15) is 0 Å². The highest BCUT2D eigenvalue weighted by Gasteiger charge is 2.38. The lowest BCUT2D eigenvalue weighted by atomic mass is 9.79. The third-order valence-electron chi connectivity index (χ3n) is 4.47. The Kier molecular flexibility index (Phi) is 4.87. The molecule has 1 aliphatic carbocycles. The fraction of sp³-hybridized carbons (Fsp3) is 0.933. The average molecular weight is 236 g/mol. The molecule has 2 heteroatoms. The van der Waals surface area contributed by atoms with Crippen molar-refractivity contribution in [2.75, 3.05) is 13.1 Å². The van der Waals surface area contributed by atoms with E-state index in [4.69, 9.17) is 4.99 Å². The van der Waals surface area contributed by atoms with Gasteiger partial charge in [-0.15, -0.1) is 0 Å². The molecule has 0 unspecified atom stereocenters. The number of rotatable bonds is 5. The van der Waals surface area contributed by atoms with Crippen LogP contribution < -0.4 is 5.32 Å². The summed E-state index contributed by atoms with van der Waals surface area (Å²) in [6, 6.07) is 0. The van der Waals surface area contributed by atoms with E-state index in [-0.39, 0.29) is 0 Å². The summed E-state index contributed by atoms with van der Waals surface area (Å²) in [5.74, 6) is 1.38. The maximum atomic E-state index is 4.86. The standard InChI is InChI=1S/C15H28N2/c1-2-3-4-9-15(10-5-6-11-15)14-16-12-7-8-13-17-14/h2-13H2,1H3,(H,16,17). The van der Waals surface area contributed by atoms with Crippen molar-refractivity contribution in [2.45, 2.75) is 71.1 Å². The Morgan fingerprint density at radius 3 is 2.71 bits per heavy atom. The molecule has 0 saturated heterocycles. The molecule has 0 amide bonds. The number of hydrogen-bond donors (Lipinski definition) is 1. The Morgan fingerprint density at radius 1 is 1.12 bits per heavy atom. The van der Waals surface area contributed by atoms with Gasteiger partial charge in [0.25, 0.3) is 0 Å². The normalized spacial score (nSPS) is 23.9. The van der Waals surface area contributed by atoms with Gasteiger partial charge in [-0.2, -0.15) is 0 Å². The quantitative estimate of drug-likeness (QED) is 0.719. The highest BCUT2D eigenvalue weighted by Crippen LogP contribution is 2.43. The van der Waals surface area contributed by atoms with Crippen LogP contribution in [0.4, 0.5) is 0 Å². The Hall–Kier alpha value is -0.530. The molecule has 1 heterocycles. The van der Waals surface area contributed by atoms with Crippen molar-refractivity contribution in [2.24, 2.45) is 10.4 Å². The molecule has 0 aromatic rings. The minimum Gasteiger partial charge on any atom is -0.373 e. The zero-order chi connectivity index (χ0) is 12.0. The summed E-state index contributed by atoms with van der Waals surface area (Å²) >= 11 is 0. The summed E-state index contributed by atoms with van der Waals surface area (Å²) in [4.78, 5) is 4.86. The third kappa shape index (κ3) is 3.23. The van der Waals surface area contributed by atoms with Crippen LogP contribution in [0.15, 0.2) is 4.99 Å². The molecule has 0 aromatic carbocycles. The van der Waals surface area contributed by atoms with E-state index in [1.54, 1.807) is 0 Å². The number of unbranched alkanes of at least 4 members (excludes halogenated alkanes) is 2. The summed E-state index contributed by atoms with van der Waals surface area (Å²) in [5.41, 5.74) is 0.444. The van der Waals surface area contributed by atoms with E-state index in [0.29, 0.717) is 5.41 Å². The van der Waals surface area contributed by atoms with Crippen LogP contribution in [0.3, 0.4) is 0 Å². The van der Waals surface area contributed by atoms with Gasteiger partial charge in [0.05, 0.1) is 0 Å². The molecular weight excluding hydrogens is 208 g/mol. The van der Waals surface area contributed by atoms with Gasteiger partial charge in [-0.25, -0.2) is 0 Å². The van der Waals surface area contributed by atoms with Gasteiger partial charge < -0.3 is 5.32 Å². The lowest BCUT2D eigenvalue weighted by molar-refractivity contribution is 0.368. The Bertz CT molecular complexity index is 252. The molecule has 98 valence electrons. The first kappa shape index (κ1) is 12.9. The average Bonchev–Trinajstić information content (AvgIpc) is 2.65. The van der Waals surface area contributed by atoms with E-state index >= 15 is 0 Å². The lowest BCUT2D eigenvalue weighted by Crippen LogP contribution is -2.39. The predicted molar refractivity (Wildman–Crippen MR) is 74.6 cm³/mol. The first-order chi connectivity index (χ1) is 8.37. The topological polar surface area (TPSA) is 24.4 Å². The van der Waals surface area contributed by atoms with E-state index < -0.39 is 0 Å². The molecule has 0 spiro atoms. The van der Waals surface area contributed by atoms with Crippen LogP contribution >= 0.6 is 0 Å². The molecule has 2 rings (SSSR count). The van der Waals surface area contributed by atoms with Crippen molar-refractivity contribution in [1.29, 1.82) is 0 Å². The minimum atomic E-state index is 0.444. The molecule has 0 radical (unpaired) electrons. The van der Waals surface area contributed by atoms with Crippen LogP contribution in [0.1, 0.15) is 71.1 Å². The second kappa shape index (κ2) is 6.42. The van der Waals surface area contributed by atoms with E-state index in [1.807, 2.05) is 0 Å². The number of nitrogens with one attached hydrogen (secondary N) is 1. The van der Waals surface area contributed by atoms with Crippen LogP contribution in [0.5, 0.6) is 0 Å². The first-order valence-corrected chi connectivity index (χ1v) is 7.66. The second-order valence-electron chi connectivity index (χ2n) is 5.81. The molecule has 2 nitrogen and oxygen atoms in total. The van der Waals surface area contributed by atoms with E-state index in [2.05, 4.69) is 12.2 Å². The zero-order valence-electron chi connectivity index (χ0n) is 11.4. The smallest absolute Gasteiger partial charge is 0.103 e. The van der Waals surface area contributed by atoms with Gasteiger partial charge in [0.2, 0.25) is 0 Å². The van der Waals surface area contributed by atoms with Crippen molar-refractivity contribution in [1.82, 2.24) is 5.32 Å². The molecule has 1 saturated carbocycles. The maximum absolute atomic E-state index is 4.86. The van der Waals surface area contributed by atoms with Gasteiger partial charge >= 0.3 is 0 Å². The van der Waals surface area contributed by atoms with Gasteiger partial charge in [-0.1, -0.05) is 39.0 Å². The molecule has 1 fully saturated rings. The van der Waals surface area contributed by atoms with Gasteiger partial charge in [-0.3, -0.25) is 4.99 Å². The molecule has 0 aromatic heterocycles. The third-order valence-corrected chi connectivity index (χ3v) is 4.47. The summed E-state index contributed by atoms with van der Waals surface area (Å²) in [5, 5.41) is 3.64. The first-order valence-electron chi connectivity index (χ1n) is 7.66. The van der Waals surface area contributed by atoms with Gasteiger partial charge in [-0.05, 0) is 32.1 Å². The number of hydrogen-bond acceptors (Lipinski definition) is 2. The number of nitrogens with zero attached hydrogens (tertiary/aromatic N) is 1. The van der Waals surface area contributed by atoms with Gasteiger partial charge in [0.15, 0.2) is 0 Å². The van der Waals surface area contributed by atoms with Gasteiger partial charge in [0, 0.05) is 18.5 Å². The predicted octanol–water partition coefficient (Wildman–Crippen LogP) is 3.91. The largest absolute Gasteiger partial charge is 0.373 e. The van der Waals surface area contributed by atoms with Crippen LogP contribution in [-0.2, 0) is 0 Å². The molecule has 1 N–H and O–H groups in total. The molecule has 17 heavy (non-hydrogen) atoms. The Labute approximate surface area is 106 Å². The second-order valence-corrected chi connectivity index (χ2v) is 5.81.